The fourth-order valence-corrected chi connectivity index (χ4v) is 2.34. The smallest absolute Gasteiger partial charge is 0.232 e. The summed E-state index contributed by atoms with van der Waals surface area (Å²) >= 11 is 0. The van der Waals surface area contributed by atoms with Crippen molar-refractivity contribution in [2.24, 2.45) is 0 Å². The SMILES string of the molecule is Cc1ccccc1NC(=O)Cc1n[nH]c(Cc2ccc(F)cc2)n1. The molecule has 5 nitrogen and oxygen atoms in total. The van der Waals surface area contributed by atoms with Gasteiger partial charge >= 0.3 is 0 Å². The Morgan fingerprint density at radius 1 is 1.17 bits per heavy atom. The van der Waals surface area contributed by atoms with Gasteiger partial charge in [0.05, 0.1) is 6.42 Å². The molecule has 0 aliphatic heterocycles. The zero-order chi connectivity index (χ0) is 16.9. The van der Waals surface area contributed by atoms with E-state index in [0.717, 1.165) is 16.8 Å². The van der Waals surface area contributed by atoms with Crippen molar-refractivity contribution in [1.29, 1.82) is 0 Å². The molecule has 122 valence electrons. The molecule has 3 aromatic rings. The zero-order valence-corrected chi connectivity index (χ0v) is 13.2. The average molecular weight is 324 g/mol. The third-order valence-corrected chi connectivity index (χ3v) is 3.60. The number of aromatic nitrogens is 3. The largest absolute Gasteiger partial charge is 0.325 e. The minimum absolute atomic E-state index is 0.0915. The molecule has 3 rings (SSSR count). The van der Waals surface area contributed by atoms with E-state index in [1.165, 1.54) is 12.1 Å². The number of halogens is 1. The fraction of sp³-hybridized carbons (Fsp3) is 0.167. The maximum Gasteiger partial charge on any atom is 0.232 e. The summed E-state index contributed by atoms with van der Waals surface area (Å²) in [7, 11) is 0. The first-order valence-corrected chi connectivity index (χ1v) is 7.60. The Morgan fingerprint density at radius 3 is 2.67 bits per heavy atom. The summed E-state index contributed by atoms with van der Waals surface area (Å²) in [5, 5.41) is 9.73. The summed E-state index contributed by atoms with van der Waals surface area (Å²) in [6, 6.07) is 13.8. The van der Waals surface area contributed by atoms with Gasteiger partial charge in [0.2, 0.25) is 5.91 Å². The van der Waals surface area contributed by atoms with Gasteiger partial charge in [-0.25, -0.2) is 9.37 Å². The number of carbonyl (C=O) groups is 1. The van der Waals surface area contributed by atoms with Crippen LogP contribution < -0.4 is 5.32 Å². The van der Waals surface area contributed by atoms with Crippen LogP contribution in [0.15, 0.2) is 48.5 Å². The highest BCUT2D eigenvalue weighted by molar-refractivity contribution is 5.92. The molecule has 0 aliphatic rings. The number of carbonyl (C=O) groups excluding carboxylic acids is 1. The fourth-order valence-electron chi connectivity index (χ4n) is 2.34. The van der Waals surface area contributed by atoms with E-state index in [-0.39, 0.29) is 18.1 Å². The Morgan fingerprint density at radius 2 is 1.92 bits per heavy atom. The molecular formula is C18H17FN4O. The van der Waals surface area contributed by atoms with Crippen molar-refractivity contribution in [2.75, 3.05) is 5.32 Å². The van der Waals surface area contributed by atoms with Crippen LogP contribution in [0.25, 0.3) is 0 Å². The van der Waals surface area contributed by atoms with E-state index >= 15 is 0 Å². The normalized spacial score (nSPS) is 10.6. The predicted molar refractivity (Wildman–Crippen MR) is 89.1 cm³/mol. The number of aryl methyl sites for hydroxylation is 1. The van der Waals surface area contributed by atoms with E-state index in [1.54, 1.807) is 12.1 Å². The topological polar surface area (TPSA) is 70.7 Å². The molecule has 1 heterocycles. The van der Waals surface area contributed by atoms with Gasteiger partial charge in [0.25, 0.3) is 0 Å². The van der Waals surface area contributed by atoms with Crippen LogP contribution in [-0.2, 0) is 17.6 Å². The van der Waals surface area contributed by atoms with E-state index in [4.69, 9.17) is 0 Å². The number of hydrogen-bond donors (Lipinski definition) is 2. The Hall–Kier alpha value is -3.02. The molecule has 0 atom stereocenters. The molecule has 0 saturated carbocycles. The lowest BCUT2D eigenvalue weighted by Gasteiger charge is -2.06. The first kappa shape index (κ1) is 15.9. The second kappa shape index (κ2) is 7.04. The maximum absolute atomic E-state index is 12.9. The lowest BCUT2D eigenvalue weighted by Crippen LogP contribution is -2.16. The van der Waals surface area contributed by atoms with Crippen molar-refractivity contribution in [3.63, 3.8) is 0 Å². The van der Waals surface area contributed by atoms with Gasteiger partial charge in [0.1, 0.15) is 11.6 Å². The summed E-state index contributed by atoms with van der Waals surface area (Å²) in [4.78, 5) is 16.4. The summed E-state index contributed by atoms with van der Waals surface area (Å²) in [6.45, 7) is 1.93. The van der Waals surface area contributed by atoms with Crippen LogP contribution in [0.5, 0.6) is 0 Å². The van der Waals surface area contributed by atoms with Gasteiger partial charge < -0.3 is 5.32 Å². The molecule has 0 radical (unpaired) electrons. The molecule has 2 N–H and O–H groups in total. The minimum atomic E-state index is -0.273. The second-order valence-electron chi connectivity index (χ2n) is 5.54. The van der Waals surface area contributed by atoms with Gasteiger partial charge in [-0.2, -0.15) is 5.10 Å². The number of benzene rings is 2. The molecule has 0 saturated heterocycles. The number of amides is 1. The van der Waals surface area contributed by atoms with Crippen LogP contribution in [0, 0.1) is 12.7 Å². The summed E-state index contributed by atoms with van der Waals surface area (Å²) in [5.41, 5.74) is 2.70. The van der Waals surface area contributed by atoms with E-state index in [9.17, 15) is 9.18 Å². The van der Waals surface area contributed by atoms with E-state index in [2.05, 4.69) is 20.5 Å². The van der Waals surface area contributed by atoms with E-state index < -0.39 is 0 Å². The van der Waals surface area contributed by atoms with Gasteiger partial charge in [0, 0.05) is 12.1 Å². The minimum Gasteiger partial charge on any atom is -0.325 e. The first-order chi connectivity index (χ1) is 11.6. The molecule has 0 bridgehead atoms. The molecule has 0 unspecified atom stereocenters. The number of anilines is 1. The Labute approximate surface area is 138 Å². The lowest BCUT2D eigenvalue weighted by atomic mass is 10.1. The maximum atomic E-state index is 12.9. The van der Waals surface area contributed by atoms with Gasteiger partial charge in [-0.05, 0) is 36.2 Å². The second-order valence-corrected chi connectivity index (χ2v) is 5.54. The zero-order valence-electron chi connectivity index (χ0n) is 13.2. The molecule has 24 heavy (non-hydrogen) atoms. The first-order valence-electron chi connectivity index (χ1n) is 7.60. The van der Waals surface area contributed by atoms with Crippen LogP contribution in [0.4, 0.5) is 10.1 Å². The number of nitrogens with one attached hydrogen (secondary N) is 2. The number of aromatic amines is 1. The number of para-hydroxylation sites is 1. The van der Waals surface area contributed by atoms with Crippen LogP contribution >= 0.6 is 0 Å². The van der Waals surface area contributed by atoms with Gasteiger partial charge in [0.15, 0.2) is 5.82 Å². The van der Waals surface area contributed by atoms with E-state index in [0.29, 0.717) is 18.1 Å². The van der Waals surface area contributed by atoms with Gasteiger partial charge in [-0.15, -0.1) is 0 Å². The molecular weight excluding hydrogens is 307 g/mol. The van der Waals surface area contributed by atoms with Crippen LogP contribution in [0.3, 0.4) is 0 Å². The highest BCUT2D eigenvalue weighted by Gasteiger charge is 2.10. The molecule has 1 amide bonds. The number of nitrogens with zero attached hydrogens (tertiary/aromatic N) is 2. The number of H-pyrrole nitrogens is 1. The van der Waals surface area contributed by atoms with E-state index in [1.807, 2.05) is 31.2 Å². The van der Waals surface area contributed by atoms with Crippen LogP contribution in [0.2, 0.25) is 0 Å². The van der Waals surface area contributed by atoms with Crippen LogP contribution in [-0.4, -0.2) is 21.1 Å². The molecule has 0 aliphatic carbocycles. The summed E-state index contributed by atoms with van der Waals surface area (Å²) < 4.78 is 12.9. The van der Waals surface area contributed by atoms with Crippen molar-refractivity contribution >= 4 is 11.6 Å². The third kappa shape index (κ3) is 4.04. The van der Waals surface area contributed by atoms with Crippen molar-refractivity contribution in [2.45, 2.75) is 19.8 Å². The molecule has 0 spiro atoms. The standard InChI is InChI=1S/C18H17FN4O/c1-12-4-2-3-5-15(12)20-18(24)11-17-21-16(22-23-17)10-13-6-8-14(19)9-7-13/h2-9H,10-11H2,1H3,(H,20,24)(H,21,22,23). The number of rotatable bonds is 5. The average Bonchev–Trinajstić information content (AvgIpc) is 2.99. The van der Waals surface area contributed by atoms with Crippen LogP contribution in [0.1, 0.15) is 22.8 Å². The Bertz CT molecular complexity index is 842. The molecule has 1 aromatic heterocycles. The molecule has 0 fully saturated rings. The quantitative estimate of drug-likeness (QED) is 0.758. The highest BCUT2D eigenvalue weighted by Crippen LogP contribution is 2.13. The molecule has 2 aromatic carbocycles. The van der Waals surface area contributed by atoms with Gasteiger partial charge in [-0.3, -0.25) is 9.89 Å². The summed E-state index contributed by atoms with van der Waals surface area (Å²) in [5.74, 6) is 0.625. The van der Waals surface area contributed by atoms with Crippen molar-refractivity contribution < 1.29 is 9.18 Å². The third-order valence-electron chi connectivity index (χ3n) is 3.60. The van der Waals surface area contributed by atoms with Crippen molar-refractivity contribution in [1.82, 2.24) is 15.2 Å². The predicted octanol–water partition coefficient (Wildman–Crippen LogP) is 3.02. The Balaban J connectivity index is 1.60. The highest BCUT2D eigenvalue weighted by atomic mass is 19.1. The molecule has 6 heteroatoms. The Kier molecular flexibility index (Phi) is 4.65. The lowest BCUT2D eigenvalue weighted by molar-refractivity contribution is -0.115. The van der Waals surface area contributed by atoms with Crippen molar-refractivity contribution in [3.05, 3.63) is 77.1 Å². The summed E-state index contributed by atoms with van der Waals surface area (Å²) in [6.07, 6.45) is 0.598. The number of hydrogen-bond acceptors (Lipinski definition) is 3. The van der Waals surface area contributed by atoms with Gasteiger partial charge in [-0.1, -0.05) is 30.3 Å². The van der Waals surface area contributed by atoms with Crippen molar-refractivity contribution in [3.8, 4) is 0 Å². The monoisotopic (exact) mass is 324 g/mol.